The summed E-state index contributed by atoms with van der Waals surface area (Å²) in [6, 6.07) is 2.00. The standard InChI is InChI=1S/C10H17ClN2OS/c1-7(3-5-14-2)9(13-12)10-8(11)4-6-15-10/h4,6-7,9,13H,3,5,12H2,1-2H3. The van der Waals surface area contributed by atoms with Crippen molar-refractivity contribution in [1.29, 1.82) is 0 Å². The molecule has 0 saturated heterocycles. The van der Waals surface area contributed by atoms with Crippen LogP contribution in [0.15, 0.2) is 11.4 Å². The molecule has 2 atom stereocenters. The van der Waals surface area contributed by atoms with E-state index in [2.05, 4.69) is 12.3 Å². The minimum absolute atomic E-state index is 0.104. The zero-order chi connectivity index (χ0) is 11.3. The summed E-state index contributed by atoms with van der Waals surface area (Å²) in [6.07, 6.45) is 0.958. The number of hydrogen-bond donors (Lipinski definition) is 2. The molecule has 0 spiro atoms. The molecule has 0 radical (unpaired) electrons. The molecule has 1 heterocycles. The molecule has 0 bridgehead atoms. The van der Waals surface area contributed by atoms with Crippen molar-refractivity contribution in [2.45, 2.75) is 19.4 Å². The normalized spacial score (nSPS) is 15.2. The number of hydrogen-bond acceptors (Lipinski definition) is 4. The van der Waals surface area contributed by atoms with Crippen LogP contribution in [0.4, 0.5) is 0 Å². The third kappa shape index (κ3) is 3.43. The zero-order valence-corrected chi connectivity index (χ0v) is 10.6. The van der Waals surface area contributed by atoms with Crippen LogP contribution in [0.3, 0.4) is 0 Å². The molecule has 3 N–H and O–H groups in total. The third-order valence-corrected chi connectivity index (χ3v) is 3.89. The van der Waals surface area contributed by atoms with Crippen LogP contribution in [0.2, 0.25) is 5.02 Å². The van der Waals surface area contributed by atoms with Crippen LogP contribution in [0.5, 0.6) is 0 Å². The number of rotatable bonds is 6. The van der Waals surface area contributed by atoms with Crippen molar-refractivity contribution in [3.63, 3.8) is 0 Å². The highest BCUT2D eigenvalue weighted by Crippen LogP contribution is 2.33. The van der Waals surface area contributed by atoms with Gasteiger partial charge in [-0.1, -0.05) is 18.5 Å². The molecule has 86 valence electrons. The van der Waals surface area contributed by atoms with Gasteiger partial charge in [-0.25, -0.2) is 0 Å². The van der Waals surface area contributed by atoms with E-state index < -0.39 is 0 Å². The molecule has 3 nitrogen and oxygen atoms in total. The Hall–Kier alpha value is -0.130. The van der Waals surface area contributed by atoms with Gasteiger partial charge in [0.2, 0.25) is 0 Å². The lowest BCUT2D eigenvalue weighted by molar-refractivity contribution is 0.170. The molecule has 0 amide bonds. The monoisotopic (exact) mass is 248 g/mol. The fraction of sp³-hybridized carbons (Fsp3) is 0.600. The van der Waals surface area contributed by atoms with E-state index in [0.29, 0.717) is 5.92 Å². The molecular formula is C10H17ClN2OS. The molecule has 1 aromatic heterocycles. The van der Waals surface area contributed by atoms with Crippen molar-refractivity contribution < 1.29 is 4.74 Å². The fourth-order valence-corrected chi connectivity index (χ4v) is 2.86. The molecule has 0 fully saturated rings. The molecule has 5 heteroatoms. The second-order valence-electron chi connectivity index (χ2n) is 3.54. The Morgan fingerprint density at radius 2 is 2.40 bits per heavy atom. The number of hydrazine groups is 1. The van der Waals surface area contributed by atoms with Gasteiger partial charge in [0.05, 0.1) is 11.1 Å². The Labute approximate surface area is 99.5 Å². The summed E-state index contributed by atoms with van der Waals surface area (Å²) in [4.78, 5) is 1.10. The molecule has 0 aromatic carbocycles. The summed E-state index contributed by atoms with van der Waals surface area (Å²) in [7, 11) is 1.70. The minimum Gasteiger partial charge on any atom is -0.385 e. The summed E-state index contributed by atoms with van der Waals surface area (Å²) >= 11 is 7.70. The van der Waals surface area contributed by atoms with E-state index in [-0.39, 0.29) is 6.04 Å². The Balaban J connectivity index is 2.67. The highest BCUT2D eigenvalue weighted by Gasteiger charge is 2.21. The second kappa shape index (κ2) is 6.45. The quantitative estimate of drug-likeness (QED) is 0.601. The van der Waals surface area contributed by atoms with Gasteiger partial charge in [0, 0.05) is 18.6 Å². The molecule has 1 aromatic rings. The molecular weight excluding hydrogens is 232 g/mol. The first kappa shape index (κ1) is 12.9. The summed E-state index contributed by atoms with van der Waals surface area (Å²) in [6.45, 7) is 2.88. The smallest absolute Gasteiger partial charge is 0.0594 e. The Kier molecular flexibility index (Phi) is 5.56. The van der Waals surface area contributed by atoms with Gasteiger partial charge in [0.1, 0.15) is 0 Å². The van der Waals surface area contributed by atoms with Crippen molar-refractivity contribution in [3.8, 4) is 0 Å². The van der Waals surface area contributed by atoms with Crippen LogP contribution in [0.1, 0.15) is 24.3 Å². The van der Waals surface area contributed by atoms with Gasteiger partial charge in [-0.3, -0.25) is 11.3 Å². The number of nitrogens with two attached hydrogens (primary N) is 1. The van der Waals surface area contributed by atoms with Crippen LogP contribution in [-0.2, 0) is 4.74 Å². The maximum atomic E-state index is 6.08. The number of thiophene rings is 1. The second-order valence-corrected chi connectivity index (χ2v) is 4.89. The first-order chi connectivity index (χ1) is 7.20. The van der Waals surface area contributed by atoms with E-state index >= 15 is 0 Å². The molecule has 0 aliphatic rings. The zero-order valence-electron chi connectivity index (χ0n) is 9.00. The fourth-order valence-electron chi connectivity index (χ4n) is 1.50. The van der Waals surface area contributed by atoms with Gasteiger partial charge in [-0.15, -0.1) is 11.3 Å². The first-order valence-electron chi connectivity index (χ1n) is 4.88. The van der Waals surface area contributed by atoms with E-state index in [4.69, 9.17) is 22.2 Å². The van der Waals surface area contributed by atoms with Crippen LogP contribution in [0, 0.1) is 5.92 Å². The van der Waals surface area contributed by atoms with Gasteiger partial charge in [-0.05, 0) is 23.8 Å². The average Bonchev–Trinajstić information content (AvgIpc) is 2.63. The van der Waals surface area contributed by atoms with Gasteiger partial charge in [0.15, 0.2) is 0 Å². The van der Waals surface area contributed by atoms with Crippen molar-refractivity contribution in [2.24, 2.45) is 11.8 Å². The summed E-state index contributed by atoms with van der Waals surface area (Å²) in [5, 5.41) is 2.76. The number of nitrogens with one attached hydrogen (secondary N) is 1. The van der Waals surface area contributed by atoms with E-state index in [9.17, 15) is 0 Å². The predicted molar refractivity (Wildman–Crippen MR) is 65.1 cm³/mol. The van der Waals surface area contributed by atoms with Crippen molar-refractivity contribution in [2.75, 3.05) is 13.7 Å². The predicted octanol–water partition coefficient (Wildman–Crippen LogP) is 2.58. The topological polar surface area (TPSA) is 47.3 Å². The lowest BCUT2D eigenvalue weighted by Gasteiger charge is -2.22. The highest BCUT2D eigenvalue weighted by atomic mass is 35.5. The molecule has 15 heavy (non-hydrogen) atoms. The van der Waals surface area contributed by atoms with Gasteiger partial charge < -0.3 is 4.74 Å². The number of methoxy groups -OCH3 is 1. The SMILES string of the molecule is COCCC(C)C(NN)c1sccc1Cl. The van der Waals surface area contributed by atoms with Gasteiger partial charge >= 0.3 is 0 Å². The third-order valence-electron chi connectivity index (χ3n) is 2.45. The van der Waals surface area contributed by atoms with Gasteiger partial charge in [0.25, 0.3) is 0 Å². The number of halogens is 1. The van der Waals surface area contributed by atoms with Gasteiger partial charge in [-0.2, -0.15) is 0 Å². The van der Waals surface area contributed by atoms with Crippen molar-refractivity contribution in [3.05, 3.63) is 21.3 Å². The Bertz CT molecular complexity index is 293. The average molecular weight is 249 g/mol. The van der Waals surface area contributed by atoms with E-state index in [0.717, 1.165) is 22.9 Å². The Morgan fingerprint density at radius 3 is 2.87 bits per heavy atom. The van der Waals surface area contributed by atoms with Crippen LogP contribution in [-0.4, -0.2) is 13.7 Å². The molecule has 0 aliphatic heterocycles. The lowest BCUT2D eigenvalue weighted by Crippen LogP contribution is -2.32. The molecule has 2 unspecified atom stereocenters. The molecule has 1 rings (SSSR count). The summed E-state index contributed by atoms with van der Waals surface area (Å²) in [5.74, 6) is 5.96. The highest BCUT2D eigenvalue weighted by molar-refractivity contribution is 7.10. The summed E-state index contributed by atoms with van der Waals surface area (Å²) in [5.41, 5.74) is 2.82. The minimum atomic E-state index is 0.104. The van der Waals surface area contributed by atoms with Crippen molar-refractivity contribution in [1.82, 2.24) is 5.43 Å². The lowest BCUT2D eigenvalue weighted by atomic mass is 9.98. The first-order valence-corrected chi connectivity index (χ1v) is 6.14. The maximum Gasteiger partial charge on any atom is 0.0594 e. The van der Waals surface area contributed by atoms with E-state index in [1.54, 1.807) is 18.4 Å². The van der Waals surface area contributed by atoms with Crippen molar-refractivity contribution >= 4 is 22.9 Å². The molecule has 0 saturated carbocycles. The maximum absolute atomic E-state index is 6.08. The van der Waals surface area contributed by atoms with Crippen LogP contribution < -0.4 is 11.3 Å². The number of ether oxygens (including phenoxy) is 1. The largest absolute Gasteiger partial charge is 0.385 e. The van der Waals surface area contributed by atoms with Crippen LogP contribution in [0.25, 0.3) is 0 Å². The van der Waals surface area contributed by atoms with E-state index in [1.165, 1.54) is 0 Å². The summed E-state index contributed by atoms with van der Waals surface area (Å²) < 4.78 is 5.06. The Morgan fingerprint density at radius 1 is 1.67 bits per heavy atom. The molecule has 0 aliphatic carbocycles. The van der Waals surface area contributed by atoms with Crippen LogP contribution >= 0.6 is 22.9 Å². The van der Waals surface area contributed by atoms with E-state index in [1.807, 2.05) is 11.4 Å².